The molecule has 4 N–H and O–H groups in total. The molecule has 3 aromatic carbocycles. The molecule has 1 heterocycles. The quantitative estimate of drug-likeness (QED) is 0.0516. The summed E-state index contributed by atoms with van der Waals surface area (Å²) in [6, 6.07) is 17.9. The fourth-order valence-corrected chi connectivity index (χ4v) is 5.13. The van der Waals surface area contributed by atoms with Crippen LogP contribution < -0.4 is 26.0 Å². The number of amides is 1. The number of nitro groups is 1. The molecule has 16 heteroatoms. The van der Waals surface area contributed by atoms with Crippen LogP contribution in [-0.2, 0) is 16.0 Å². The predicted molar refractivity (Wildman–Crippen MR) is 207 cm³/mol. The van der Waals surface area contributed by atoms with Gasteiger partial charge in [-0.15, -0.1) is 11.6 Å². The van der Waals surface area contributed by atoms with Crippen LogP contribution in [0.2, 0.25) is 10.3 Å². The van der Waals surface area contributed by atoms with Crippen molar-refractivity contribution in [1.82, 2.24) is 15.0 Å². The van der Waals surface area contributed by atoms with Crippen LogP contribution >= 0.6 is 34.8 Å². The maximum atomic E-state index is 12.2. The van der Waals surface area contributed by atoms with Crippen molar-refractivity contribution in [3.8, 4) is 11.5 Å². The Labute approximate surface area is 314 Å². The molecule has 0 radical (unpaired) electrons. The zero-order valence-corrected chi connectivity index (χ0v) is 32.0. The summed E-state index contributed by atoms with van der Waals surface area (Å²) in [6.07, 6.45) is 0.878. The number of halogens is 3. The van der Waals surface area contributed by atoms with Gasteiger partial charge in [0.25, 0.3) is 5.69 Å². The minimum Gasteiger partial charge on any atom is -0.456 e. The van der Waals surface area contributed by atoms with Crippen LogP contribution in [0.3, 0.4) is 0 Å². The van der Waals surface area contributed by atoms with Crippen molar-refractivity contribution in [2.45, 2.75) is 60.0 Å². The number of methoxy groups -OCH3 is 1. The lowest BCUT2D eigenvalue weighted by Crippen LogP contribution is -2.43. The van der Waals surface area contributed by atoms with Gasteiger partial charge in [0.15, 0.2) is 0 Å². The average Bonchev–Trinajstić information content (AvgIpc) is 3.08. The summed E-state index contributed by atoms with van der Waals surface area (Å²) in [4.78, 5) is 36.0. The topological polar surface area (TPSA) is 171 Å². The van der Waals surface area contributed by atoms with Gasteiger partial charge in [-0.1, -0.05) is 54.9 Å². The zero-order chi connectivity index (χ0) is 38.1. The Morgan fingerprint density at radius 2 is 1.67 bits per heavy atom. The molecule has 1 atom stereocenters. The molecule has 0 aliphatic carbocycles. The van der Waals surface area contributed by atoms with Crippen LogP contribution in [0.25, 0.3) is 0 Å². The number of nitrogens with one attached hydrogen (secondary N) is 2. The number of ether oxygens (including phenoxy) is 2. The monoisotopic (exact) mass is 762 g/mol. The second kappa shape index (κ2) is 21.7. The minimum atomic E-state index is -0.590. The predicted octanol–water partition coefficient (Wildman–Crippen LogP) is 8.56. The molecule has 0 aliphatic rings. The van der Waals surface area contributed by atoms with Crippen molar-refractivity contribution >= 4 is 69.7 Å². The van der Waals surface area contributed by atoms with E-state index in [1.165, 1.54) is 12.1 Å². The van der Waals surface area contributed by atoms with Crippen molar-refractivity contribution in [2.75, 3.05) is 47.4 Å². The number of carbonyl (C=O) groups excluding carboxylic acids is 1. The molecule has 1 amide bonds. The van der Waals surface area contributed by atoms with Gasteiger partial charge >= 0.3 is 0 Å². The van der Waals surface area contributed by atoms with Crippen molar-refractivity contribution in [3.05, 3.63) is 92.2 Å². The number of nitrogens with zero attached hydrogens (tertiary/aromatic N) is 5. The van der Waals surface area contributed by atoms with Crippen LogP contribution in [0, 0.1) is 17.0 Å². The lowest BCUT2D eigenvalue weighted by molar-refractivity contribution is -0.383. The van der Waals surface area contributed by atoms with Gasteiger partial charge in [-0.25, -0.2) is 0 Å². The zero-order valence-electron chi connectivity index (χ0n) is 29.7. The number of nitro benzene ring substituents is 1. The third-order valence-corrected chi connectivity index (χ3v) is 7.61. The number of rotatable bonds is 13. The SMILES string of the molecule is CCNc1nc(Cl)nc(NC(C)C)n1.CCc1cccc(C)c1N(C(=O)CCl)C(C)COC.Nc1c([N+](=O)[O-])ccc(Oc2ccccc2)c1Cl. The summed E-state index contributed by atoms with van der Waals surface area (Å²) >= 11 is 17.4. The maximum Gasteiger partial charge on any atom is 0.293 e. The number of carbonyl (C=O) groups is 1. The second-order valence-electron chi connectivity index (χ2n) is 11.2. The Morgan fingerprint density at radius 1 is 1.00 bits per heavy atom. The van der Waals surface area contributed by atoms with Crippen molar-refractivity contribution in [2.24, 2.45) is 0 Å². The van der Waals surface area contributed by atoms with Gasteiger partial charge in [0.1, 0.15) is 28.1 Å². The Hall–Kier alpha value is -4.43. The number of nitrogen functional groups attached to an aromatic ring is 1. The molecule has 0 saturated carbocycles. The van der Waals surface area contributed by atoms with E-state index >= 15 is 0 Å². The van der Waals surface area contributed by atoms with E-state index in [9.17, 15) is 14.9 Å². The van der Waals surface area contributed by atoms with Gasteiger partial charge in [-0.3, -0.25) is 14.9 Å². The molecule has 13 nitrogen and oxygen atoms in total. The largest absolute Gasteiger partial charge is 0.456 e. The van der Waals surface area contributed by atoms with E-state index in [4.69, 9.17) is 50.0 Å². The van der Waals surface area contributed by atoms with E-state index in [2.05, 4.69) is 38.6 Å². The normalized spacial score (nSPS) is 11.0. The summed E-state index contributed by atoms with van der Waals surface area (Å²) in [5, 5.41) is 16.9. The highest BCUT2D eigenvalue weighted by atomic mass is 35.5. The molecule has 0 bridgehead atoms. The number of benzene rings is 3. The fourth-order valence-electron chi connectivity index (χ4n) is 4.65. The molecule has 0 spiro atoms. The first-order chi connectivity index (χ1) is 24.3. The fraction of sp³-hybridized carbons (Fsp3) is 0.371. The first-order valence-corrected chi connectivity index (χ1v) is 17.4. The number of aromatic nitrogens is 3. The van der Waals surface area contributed by atoms with Gasteiger partial charge in [-0.05, 0) is 82.0 Å². The highest BCUT2D eigenvalue weighted by molar-refractivity contribution is 6.35. The van der Waals surface area contributed by atoms with E-state index in [0.29, 0.717) is 24.3 Å². The molecular formula is C35H45Cl3N8O5. The summed E-state index contributed by atoms with van der Waals surface area (Å²) in [5.74, 6) is 1.74. The Morgan fingerprint density at radius 3 is 2.24 bits per heavy atom. The maximum absolute atomic E-state index is 12.2. The molecule has 276 valence electrons. The number of aryl methyl sites for hydroxylation is 2. The lowest BCUT2D eigenvalue weighted by Gasteiger charge is -2.31. The van der Waals surface area contributed by atoms with Crippen LogP contribution in [0.1, 0.15) is 45.7 Å². The molecular weight excluding hydrogens is 719 g/mol. The molecule has 0 fully saturated rings. The summed E-state index contributed by atoms with van der Waals surface area (Å²) in [7, 11) is 1.64. The number of anilines is 4. The number of alkyl halides is 1. The molecule has 1 unspecified atom stereocenters. The highest BCUT2D eigenvalue weighted by Gasteiger charge is 2.24. The number of hydrogen-bond acceptors (Lipinski definition) is 11. The van der Waals surface area contributed by atoms with Crippen LogP contribution in [-0.4, -0.2) is 64.0 Å². The number of nitrogens with two attached hydrogens (primary N) is 1. The van der Waals surface area contributed by atoms with E-state index in [-0.39, 0.29) is 51.3 Å². The molecule has 1 aromatic heterocycles. The minimum absolute atomic E-state index is 0.0223. The van der Waals surface area contributed by atoms with E-state index in [1.54, 1.807) is 36.3 Å². The van der Waals surface area contributed by atoms with Crippen molar-refractivity contribution in [1.29, 1.82) is 0 Å². The van der Waals surface area contributed by atoms with Crippen LogP contribution in [0.4, 0.5) is 29.0 Å². The van der Waals surface area contributed by atoms with Gasteiger partial charge in [-0.2, -0.15) is 15.0 Å². The van der Waals surface area contributed by atoms with Gasteiger partial charge < -0.3 is 30.7 Å². The second-order valence-corrected chi connectivity index (χ2v) is 12.2. The number of hydrogen-bond donors (Lipinski definition) is 3. The standard InChI is InChI=1S/C15H22ClNO2.C12H9ClN2O3.C8H14ClN5/c1-5-13-8-6-7-11(2)15(13)17(14(18)9-16)12(3)10-19-4;13-11-10(18-8-4-2-1-3-5-8)7-6-9(12(11)14)15(16)17;1-4-10-7-12-6(9)13-8(14-7)11-5(2)3/h6-8,12H,5,9-10H2,1-4H3;1-7H,14H2;5H,4H2,1-3H3,(H2,10,11,12,13,14). The average molecular weight is 764 g/mol. The molecule has 0 saturated heterocycles. The smallest absolute Gasteiger partial charge is 0.293 e. The molecule has 4 rings (SSSR count). The molecule has 0 aliphatic heterocycles. The first kappa shape index (κ1) is 42.7. The molecule has 4 aromatic rings. The van der Waals surface area contributed by atoms with Gasteiger partial charge in [0, 0.05) is 25.8 Å². The van der Waals surface area contributed by atoms with Crippen LogP contribution in [0.5, 0.6) is 11.5 Å². The van der Waals surface area contributed by atoms with Gasteiger partial charge in [0.2, 0.25) is 23.1 Å². The van der Waals surface area contributed by atoms with Crippen molar-refractivity contribution in [3.63, 3.8) is 0 Å². The Balaban J connectivity index is 0.000000268. The summed E-state index contributed by atoms with van der Waals surface area (Å²) in [6.45, 7) is 13.3. The van der Waals surface area contributed by atoms with Crippen molar-refractivity contribution < 1.29 is 19.2 Å². The van der Waals surface area contributed by atoms with E-state index < -0.39 is 4.92 Å². The third kappa shape index (κ3) is 13.3. The highest BCUT2D eigenvalue weighted by Crippen LogP contribution is 2.38. The summed E-state index contributed by atoms with van der Waals surface area (Å²) in [5.41, 5.74) is 8.46. The molecule has 51 heavy (non-hydrogen) atoms. The number of para-hydroxylation sites is 2. The third-order valence-electron chi connectivity index (χ3n) is 6.82. The lowest BCUT2D eigenvalue weighted by atomic mass is 10.0. The summed E-state index contributed by atoms with van der Waals surface area (Å²) < 4.78 is 10.7. The van der Waals surface area contributed by atoms with E-state index in [1.807, 2.05) is 52.8 Å². The van der Waals surface area contributed by atoms with Gasteiger partial charge in [0.05, 0.1) is 23.3 Å². The Bertz CT molecular complexity index is 1720. The Kier molecular flexibility index (Phi) is 18.2. The van der Waals surface area contributed by atoms with E-state index in [0.717, 1.165) is 29.8 Å². The first-order valence-electron chi connectivity index (χ1n) is 16.1. The van der Waals surface area contributed by atoms with Crippen LogP contribution in [0.15, 0.2) is 60.7 Å².